The zero-order valence-corrected chi connectivity index (χ0v) is 18.0. The third kappa shape index (κ3) is 5.26. The lowest BCUT2D eigenvalue weighted by Gasteiger charge is -2.18. The second kappa shape index (κ2) is 9.40. The molecule has 2 aromatic carbocycles. The normalized spacial score (nSPS) is 11.7. The predicted molar refractivity (Wildman–Crippen MR) is 120 cm³/mol. The Labute approximate surface area is 184 Å². The van der Waals surface area contributed by atoms with Gasteiger partial charge in [-0.25, -0.2) is 0 Å². The molecular formula is C23H20ClN3O4. The lowest BCUT2D eigenvalue weighted by Crippen LogP contribution is -2.25. The van der Waals surface area contributed by atoms with Gasteiger partial charge in [-0.05, 0) is 29.8 Å². The summed E-state index contributed by atoms with van der Waals surface area (Å²) in [4.78, 5) is 36.3. The van der Waals surface area contributed by atoms with E-state index in [4.69, 9.17) is 16.3 Å². The number of nitrogens with zero attached hydrogens (tertiary/aromatic N) is 3. The fourth-order valence-electron chi connectivity index (χ4n) is 3.01. The zero-order valence-electron chi connectivity index (χ0n) is 17.2. The molecular weight excluding hydrogens is 418 g/mol. The van der Waals surface area contributed by atoms with Crippen molar-refractivity contribution in [2.45, 2.75) is 20.8 Å². The van der Waals surface area contributed by atoms with E-state index in [-0.39, 0.29) is 11.8 Å². The largest absolute Gasteiger partial charge is 0.407 e. The van der Waals surface area contributed by atoms with E-state index in [1.165, 1.54) is 37.6 Å². The van der Waals surface area contributed by atoms with E-state index in [0.717, 1.165) is 10.4 Å². The third-order valence-electron chi connectivity index (χ3n) is 4.27. The molecule has 0 N–H and O–H groups in total. The highest BCUT2D eigenvalue weighted by molar-refractivity contribution is 6.30. The summed E-state index contributed by atoms with van der Waals surface area (Å²) in [5.41, 5.74) is 1.83. The smallest absolute Gasteiger partial charge is 0.309 e. The van der Waals surface area contributed by atoms with Crippen molar-refractivity contribution in [3.05, 3.63) is 76.8 Å². The van der Waals surface area contributed by atoms with E-state index in [9.17, 15) is 14.4 Å². The molecule has 1 amide bonds. The number of amides is 1. The first-order valence-corrected chi connectivity index (χ1v) is 9.76. The Morgan fingerprint density at radius 3 is 2.32 bits per heavy atom. The summed E-state index contributed by atoms with van der Waals surface area (Å²) in [5, 5.41) is 6.53. The summed E-state index contributed by atoms with van der Waals surface area (Å²) >= 11 is 5.89. The number of hydrazone groups is 1. The molecule has 0 spiro atoms. The number of hydrogen-bond acceptors (Lipinski definition) is 5. The van der Waals surface area contributed by atoms with Crippen LogP contribution in [-0.4, -0.2) is 33.6 Å². The van der Waals surface area contributed by atoms with Gasteiger partial charge in [0.15, 0.2) is 0 Å². The number of fused-ring (bicyclic) bond motifs is 1. The highest BCUT2D eigenvalue weighted by Crippen LogP contribution is 2.23. The highest BCUT2D eigenvalue weighted by Gasteiger charge is 2.19. The lowest BCUT2D eigenvalue weighted by molar-refractivity contribution is -0.142. The van der Waals surface area contributed by atoms with Gasteiger partial charge in [-0.3, -0.25) is 19.0 Å². The average molecular weight is 438 g/mol. The Morgan fingerprint density at radius 2 is 1.71 bits per heavy atom. The quantitative estimate of drug-likeness (QED) is 0.251. The van der Waals surface area contributed by atoms with Crippen molar-refractivity contribution in [1.29, 1.82) is 0 Å². The van der Waals surface area contributed by atoms with Gasteiger partial charge in [0, 0.05) is 37.3 Å². The average Bonchev–Trinajstić information content (AvgIpc) is 3.06. The second-order valence-electron chi connectivity index (χ2n) is 6.69. The number of aromatic nitrogens is 1. The van der Waals surface area contributed by atoms with Crippen molar-refractivity contribution < 1.29 is 19.1 Å². The first-order valence-electron chi connectivity index (χ1n) is 9.38. The third-order valence-corrected chi connectivity index (χ3v) is 4.53. The molecule has 31 heavy (non-hydrogen) atoms. The van der Waals surface area contributed by atoms with Crippen LogP contribution in [-0.2, 0) is 14.3 Å². The topological polar surface area (TPSA) is 81.0 Å². The Hall–Kier alpha value is -3.71. The summed E-state index contributed by atoms with van der Waals surface area (Å²) in [6.07, 6.45) is 2.87. The van der Waals surface area contributed by atoms with Gasteiger partial charge in [0.2, 0.25) is 17.7 Å². The molecule has 0 bridgehead atoms. The number of benzene rings is 2. The molecule has 0 radical (unpaired) electrons. The van der Waals surface area contributed by atoms with E-state index < -0.39 is 11.9 Å². The van der Waals surface area contributed by atoms with Gasteiger partial charge < -0.3 is 4.74 Å². The summed E-state index contributed by atoms with van der Waals surface area (Å²) in [6, 6.07) is 15.9. The number of halogens is 1. The molecule has 0 saturated heterocycles. The molecule has 158 valence electrons. The van der Waals surface area contributed by atoms with Crippen molar-refractivity contribution in [2.75, 3.05) is 0 Å². The SMILES string of the molecule is CC(=O)O/C(=C\c1cc2ccccc2n1C(C)=O)N(/N=C\c1ccc(Cl)cc1)C(C)=O. The lowest BCUT2D eigenvalue weighted by atomic mass is 10.2. The zero-order chi connectivity index (χ0) is 22.5. The van der Waals surface area contributed by atoms with Crippen LogP contribution < -0.4 is 0 Å². The Kier molecular flexibility index (Phi) is 6.67. The van der Waals surface area contributed by atoms with Gasteiger partial charge in [0.1, 0.15) is 0 Å². The van der Waals surface area contributed by atoms with Gasteiger partial charge in [-0.15, -0.1) is 0 Å². The van der Waals surface area contributed by atoms with Crippen LogP contribution >= 0.6 is 11.6 Å². The van der Waals surface area contributed by atoms with Gasteiger partial charge in [0.25, 0.3) is 0 Å². The van der Waals surface area contributed by atoms with E-state index in [0.29, 0.717) is 21.8 Å². The monoisotopic (exact) mass is 437 g/mol. The fourth-order valence-corrected chi connectivity index (χ4v) is 3.13. The van der Waals surface area contributed by atoms with E-state index >= 15 is 0 Å². The van der Waals surface area contributed by atoms with Crippen molar-refractivity contribution in [2.24, 2.45) is 5.10 Å². The maximum absolute atomic E-state index is 12.3. The maximum atomic E-state index is 12.3. The van der Waals surface area contributed by atoms with Crippen LogP contribution in [0.4, 0.5) is 0 Å². The number of ether oxygens (including phenoxy) is 1. The first kappa shape index (κ1) is 22.0. The van der Waals surface area contributed by atoms with Crippen LogP contribution in [0.2, 0.25) is 5.02 Å². The summed E-state index contributed by atoms with van der Waals surface area (Å²) in [7, 11) is 0. The highest BCUT2D eigenvalue weighted by atomic mass is 35.5. The fraction of sp³-hybridized carbons (Fsp3) is 0.130. The predicted octanol–water partition coefficient (Wildman–Crippen LogP) is 4.70. The van der Waals surface area contributed by atoms with Crippen LogP contribution in [0.25, 0.3) is 17.0 Å². The second-order valence-corrected chi connectivity index (χ2v) is 7.12. The molecule has 1 aromatic heterocycles. The molecule has 0 atom stereocenters. The van der Waals surface area contributed by atoms with Crippen LogP contribution in [0.1, 0.15) is 36.8 Å². The van der Waals surface area contributed by atoms with Gasteiger partial charge >= 0.3 is 5.97 Å². The molecule has 0 aliphatic carbocycles. The number of carbonyl (C=O) groups is 3. The van der Waals surface area contributed by atoms with Crippen LogP contribution in [0.5, 0.6) is 0 Å². The van der Waals surface area contributed by atoms with Crippen LogP contribution in [0.15, 0.2) is 65.6 Å². The minimum atomic E-state index is -0.635. The Balaban J connectivity index is 2.10. The summed E-state index contributed by atoms with van der Waals surface area (Å²) < 4.78 is 6.76. The first-order chi connectivity index (χ1) is 14.8. The number of esters is 1. The van der Waals surface area contributed by atoms with E-state index in [2.05, 4.69) is 5.10 Å². The van der Waals surface area contributed by atoms with Gasteiger partial charge in [0.05, 0.1) is 17.4 Å². The van der Waals surface area contributed by atoms with Gasteiger partial charge in [-0.1, -0.05) is 41.9 Å². The minimum absolute atomic E-state index is 0.129. The molecule has 0 aliphatic heterocycles. The molecule has 0 fully saturated rings. The number of carbonyl (C=O) groups excluding carboxylic acids is 3. The van der Waals surface area contributed by atoms with Crippen molar-refractivity contribution >= 4 is 52.6 Å². The Bertz CT molecular complexity index is 1210. The van der Waals surface area contributed by atoms with Crippen LogP contribution in [0, 0.1) is 0 Å². The molecule has 0 unspecified atom stereocenters. The molecule has 3 rings (SSSR count). The molecule has 3 aromatic rings. The Morgan fingerprint density at radius 1 is 1.03 bits per heavy atom. The van der Waals surface area contributed by atoms with E-state index in [1.807, 2.05) is 18.2 Å². The summed E-state index contributed by atoms with van der Waals surface area (Å²) in [5.74, 6) is -1.47. The molecule has 0 aliphatic rings. The minimum Gasteiger partial charge on any atom is -0.407 e. The van der Waals surface area contributed by atoms with Gasteiger partial charge in [-0.2, -0.15) is 10.1 Å². The molecule has 0 saturated carbocycles. The molecule has 8 heteroatoms. The van der Waals surface area contributed by atoms with Crippen molar-refractivity contribution in [1.82, 2.24) is 9.58 Å². The standard InChI is InChI=1S/C23H20ClN3O4/c1-15(28)26-21(12-19-6-4-5-7-22(19)26)13-23(31-17(3)30)27(16(2)29)25-14-18-8-10-20(24)11-9-18/h4-14H,1-3H3/b23-13-,25-14-. The summed E-state index contributed by atoms with van der Waals surface area (Å²) in [6.45, 7) is 3.93. The number of hydrogen-bond donors (Lipinski definition) is 0. The number of para-hydroxylation sites is 1. The van der Waals surface area contributed by atoms with Crippen molar-refractivity contribution in [3.63, 3.8) is 0 Å². The number of rotatable bonds is 5. The van der Waals surface area contributed by atoms with Crippen molar-refractivity contribution in [3.8, 4) is 0 Å². The van der Waals surface area contributed by atoms with E-state index in [1.54, 1.807) is 36.4 Å². The van der Waals surface area contributed by atoms with Crippen LogP contribution in [0.3, 0.4) is 0 Å². The maximum Gasteiger partial charge on any atom is 0.309 e. The molecule has 7 nitrogen and oxygen atoms in total. The molecule has 1 heterocycles.